The highest BCUT2D eigenvalue weighted by molar-refractivity contribution is 9.13. The maximum absolute atomic E-state index is 4.73. The van der Waals surface area contributed by atoms with E-state index >= 15 is 0 Å². The van der Waals surface area contributed by atoms with E-state index in [9.17, 15) is 0 Å². The average molecular weight is 448 g/mol. The number of rotatable bonds is 1. The predicted molar refractivity (Wildman–Crippen MR) is 97.6 cm³/mol. The molecule has 0 N–H and O–H groups in total. The Kier molecular flexibility index (Phi) is 1.55. The smallest absolute Gasteiger partial charge is 0.0483 e. The van der Waals surface area contributed by atoms with Crippen LogP contribution in [-0.4, -0.2) is 8.65 Å². The van der Waals surface area contributed by atoms with Crippen LogP contribution in [0, 0.1) is 94.7 Å². The summed E-state index contributed by atoms with van der Waals surface area (Å²) < 4.78 is 1.04. The lowest BCUT2D eigenvalue weighted by Crippen LogP contribution is -2.54. The fraction of sp³-hybridized carbons (Fsp3) is 1.00. The second-order valence-corrected chi connectivity index (χ2v) is 14.8. The second kappa shape index (κ2) is 2.99. The van der Waals surface area contributed by atoms with E-state index in [2.05, 4.69) is 0 Å². The lowest BCUT2D eigenvalue weighted by molar-refractivity contribution is 0.132. The summed E-state index contributed by atoms with van der Waals surface area (Å²) in [4.78, 5) is 0. The lowest BCUT2D eigenvalue weighted by Gasteiger charge is -2.47. The van der Waals surface area contributed by atoms with Crippen molar-refractivity contribution in [2.24, 2.45) is 94.7 Å². The molecule has 0 aliphatic heterocycles. The monoisotopic (exact) mass is 446 g/mol. The first-order chi connectivity index (χ1) is 11.7. The molecule has 2 heteroatoms. The summed E-state index contributed by atoms with van der Waals surface area (Å²) in [6, 6.07) is 0. The molecule has 12 rings (SSSR count). The van der Waals surface area contributed by atoms with Crippen molar-refractivity contribution in [1.82, 2.24) is 0 Å². The highest BCUT2D eigenvalue weighted by Gasteiger charge is 2.94. The molecule has 0 heterocycles. The van der Waals surface area contributed by atoms with Gasteiger partial charge in [0.05, 0.1) is 0 Å². The summed E-state index contributed by atoms with van der Waals surface area (Å²) in [5.74, 6) is 18.2. The minimum absolute atomic E-state index is 0.522. The van der Waals surface area contributed by atoms with Gasteiger partial charge in [-0.05, 0) is 120 Å². The van der Waals surface area contributed by atoms with Crippen LogP contribution in [0.4, 0.5) is 0 Å². The minimum Gasteiger partial charge on any atom is -0.0831 e. The van der Waals surface area contributed by atoms with Gasteiger partial charge >= 0.3 is 0 Å². The van der Waals surface area contributed by atoms with E-state index in [1.807, 2.05) is 0 Å². The van der Waals surface area contributed by atoms with Crippen LogP contribution in [0.3, 0.4) is 0 Å². The van der Waals surface area contributed by atoms with E-state index in [0.717, 1.165) is 71.0 Å². The van der Waals surface area contributed by atoms with Crippen molar-refractivity contribution in [1.29, 1.82) is 0 Å². The van der Waals surface area contributed by atoms with Gasteiger partial charge in [0.2, 0.25) is 0 Å². The molecule has 126 valence electrons. The molecule has 0 aromatic rings. The Labute approximate surface area is 160 Å². The van der Waals surface area contributed by atoms with Crippen molar-refractivity contribution in [2.45, 2.75) is 34.3 Å². The van der Waals surface area contributed by atoms with Gasteiger partial charge in [0.15, 0.2) is 0 Å². The Bertz CT molecular complexity index is 654. The van der Waals surface area contributed by atoms with Crippen molar-refractivity contribution >= 4 is 31.9 Å². The SMILES string of the molecule is BrC1(C2(Br)C3C4CC5C6CC(C53)C2C64)C2C3CC4C5CC(C42)C1C53. The van der Waals surface area contributed by atoms with Crippen LogP contribution >= 0.6 is 31.9 Å². The van der Waals surface area contributed by atoms with Crippen LogP contribution < -0.4 is 0 Å². The molecule has 0 saturated heterocycles. The minimum atomic E-state index is 0.522. The first-order valence-electron chi connectivity index (χ1n) is 11.0. The second-order valence-electron chi connectivity index (χ2n) is 12.2. The van der Waals surface area contributed by atoms with E-state index in [1.165, 1.54) is 23.7 Å². The average Bonchev–Trinajstić information content (AvgIpc) is 3.28. The van der Waals surface area contributed by atoms with Crippen LogP contribution in [0.5, 0.6) is 0 Å². The number of alkyl halides is 2. The number of fused-ring (bicyclic) bond motifs is 1. The third kappa shape index (κ3) is 0.744. The van der Waals surface area contributed by atoms with Crippen LogP contribution in [0.15, 0.2) is 0 Å². The molecule has 12 bridgehead atoms. The Morgan fingerprint density at radius 3 is 0.917 bits per heavy atom. The molecule has 0 amide bonds. The molecule has 12 aliphatic carbocycles. The molecule has 16 atom stereocenters. The zero-order valence-electron chi connectivity index (χ0n) is 13.8. The van der Waals surface area contributed by atoms with Crippen LogP contribution in [0.25, 0.3) is 0 Å². The topological polar surface area (TPSA) is 0 Å². The molecule has 0 aromatic carbocycles. The molecule has 0 nitrogen and oxygen atoms in total. The summed E-state index contributed by atoms with van der Waals surface area (Å²) >= 11 is 9.45. The largest absolute Gasteiger partial charge is 0.0831 e. The molecule has 12 aliphatic rings. The van der Waals surface area contributed by atoms with Gasteiger partial charge in [-0.25, -0.2) is 0 Å². The van der Waals surface area contributed by atoms with Gasteiger partial charge < -0.3 is 0 Å². The van der Waals surface area contributed by atoms with Crippen molar-refractivity contribution in [3.8, 4) is 0 Å². The van der Waals surface area contributed by atoms with E-state index < -0.39 is 0 Å². The van der Waals surface area contributed by atoms with Gasteiger partial charge in [0.25, 0.3) is 0 Å². The highest BCUT2D eigenvalue weighted by atomic mass is 79.9. The van der Waals surface area contributed by atoms with Crippen LogP contribution in [0.1, 0.15) is 25.7 Å². The van der Waals surface area contributed by atoms with Crippen LogP contribution in [-0.2, 0) is 0 Å². The van der Waals surface area contributed by atoms with Crippen molar-refractivity contribution in [2.75, 3.05) is 0 Å². The zero-order chi connectivity index (χ0) is 15.1. The quantitative estimate of drug-likeness (QED) is 0.506. The zero-order valence-corrected chi connectivity index (χ0v) is 17.0. The van der Waals surface area contributed by atoms with E-state index in [1.54, 1.807) is 25.7 Å². The summed E-state index contributed by atoms with van der Waals surface area (Å²) in [5, 5.41) is 0. The summed E-state index contributed by atoms with van der Waals surface area (Å²) in [5.41, 5.74) is 0. The Morgan fingerprint density at radius 2 is 0.667 bits per heavy atom. The Morgan fingerprint density at radius 1 is 0.417 bits per heavy atom. The van der Waals surface area contributed by atoms with E-state index in [0.29, 0.717) is 8.65 Å². The van der Waals surface area contributed by atoms with Gasteiger partial charge in [0.1, 0.15) is 0 Å². The fourth-order valence-electron chi connectivity index (χ4n) is 14.3. The third-order valence-corrected chi connectivity index (χ3v) is 17.2. The van der Waals surface area contributed by atoms with Gasteiger partial charge in [-0.2, -0.15) is 0 Å². The summed E-state index contributed by atoms with van der Waals surface area (Å²) in [6.07, 6.45) is 6.59. The van der Waals surface area contributed by atoms with E-state index in [-0.39, 0.29) is 0 Å². The molecule has 16 unspecified atom stereocenters. The maximum atomic E-state index is 4.73. The first-order valence-corrected chi connectivity index (χ1v) is 12.6. The predicted octanol–water partition coefficient (Wildman–Crippen LogP) is 4.81. The molecular weight excluding hydrogens is 424 g/mol. The molecule has 0 radical (unpaired) electrons. The lowest BCUT2D eigenvalue weighted by atomic mass is 9.71. The maximum Gasteiger partial charge on any atom is 0.0483 e. The number of hydrogen-bond acceptors (Lipinski definition) is 0. The summed E-state index contributed by atoms with van der Waals surface area (Å²) in [7, 11) is 0. The molecule has 0 spiro atoms. The molecule has 12 saturated carbocycles. The normalized spacial score (nSPS) is 92.2. The van der Waals surface area contributed by atoms with Crippen LogP contribution in [0.2, 0.25) is 0 Å². The highest BCUT2D eigenvalue weighted by Crippen LogP contribution is 2.95. The Hall–Kier alpha value is 0.960. The van der Waals surface area contributed by atoms with Crippen molar-refractivity contribution in [3.63, 3.8) is 0 Å². The molecule has 12 fully saturated rings. The fourth-order valence-corrected chi connectivity index (χ4v) is 17.9. The summed E-state index contributed by atoms with van der Waals surface area (Å²) in [6.45, 7) is 0. The van der Waals surface area contributed by atoms with Gasteiger partial charge in [-0.1, -0.05) is 31.9 Å². The number of halogens is 2. The van der Waals surface area contributed by atoms with E-state index in [4.69, 9.17) is 31.9 Å². The first kappa shape index (κ1) is 12.4. The van der Waals surface area contributed by atoms with Gasteiger partial charge in [-0.15, -0.1) is 0 Å². The Balaban J connectivity index is 1.27. The standard InChI is InChI=1S/C22H24Br2/c23-21(17-9-1-5-6-2-10(13(5)17)18(21)14(6)9)22(24)19-11-3-7-8-4-12(15(7)19)20(22)16(8)11/h5-20H,1-4H2. The number of hydrogen-bond donors (Lipinski definition) is 0. The van der Waals surface area contributed by atoms with Crippen molar-refractivity contribution < 1.29 is 0 Å². The molecule has 24 heavy (non-hydrogen) atoms. The van der Waals surface area contributed by atoms with Crippen molar-refractivity contribution in [3.05, 3.63) is 0 Å². The molecule has 0 aromatic heterocycles. The van der Waals surface area contributed by atoms with Gasteiger partial charge in [-0.3, -0.25) is 0 Å². The molecular formula is C22H24Br2. The van der Waals surface area contributed by atoms with Gasteiger partial charge in [0, 0.05) is 8.65 Å². The third-order valence-electron chi connectivity index (χ3n) is 13.3.